The van der Waals surface area contributed by atoms with Crippen molar-refractivity contribution in [3.8, 4) is 0 Å². The van der Waals surface area contributed by atoms with Gasteiger partial charge in [-0.15, -0.1) is 0 Å². The molecule has 1 aliphatic rings. The Balaban J connectivity index is 2.63. The molecule has 1 rings (SSSR count). The fourth-order valence-electron chi connectivity index (χ4n) is 0.963. The van der Waals surface area contributed by atoms with E-state index >= 15 is 0 Å². The van der Waals surface area contributed by atoms with Crippen LogP contribution in [-0.2, 0) is 4.79 Å². The Morgan fingerprint density at radius 1 is 1.80 bits per heavy atom. The van der Waals surface area contributed by atoms with Crippen molar-refractivity contribution in [2.75, 3.05) is 0 Å². The molecule has 0 saturated carbocycles. The van der Waals surface area contributed by atoms with E-state index in [9.17, 15) is 4.79 Å². The molecule has 2 unspecified atom stereocenters. The molecule has 1 heterocycles. The van der Waals surface area contributed by atoms with Crippen molar-refractivity contribution >= 4 is 22.7 Å². The third kappa shape index (κ3) is 1.31. The molecule has 0 spiro atoms. The highest BCUT2D eigenvalue weighted by Crippen LogP contribution is 2.25. The number of thioether (sulfide) groups is 1. The Morgan fingerprint density at radius 3 is 2.60 bits per heavy atom. The van der Waals surface area contributed by atoms with E-state index in [2.05, 4.69) is 4.99 Å². The Labute approximate surface area is 64.1 Å². The van der Waals surface area contributed by atoms with E-state index in [0.29, 0.717) is 0 Å². The third-order valence-corrected chi connectivity index (χ3v) is 2.73. The van der Waals surface area contributed by atoms with Crippen LogP contribution in [0, 0.1) is 0 Å². The standard InChI is InChI=1S/C6H10N2OS/c1-3-5(6(7)9)10-4(2)8-3/h3,5H,1-2H3,(H2,7,9). The minimum Gasteiger partial charge on any atom is -0.369 e. The van der Waals surface area contributed by atoms with Gasteiger partial charge in [0.1, 0.15) is 5.25 Å². The molecular formula is C6H10N2OS. The van der Waals surface area contributed by atoms with Crippen molar-refractivity contribution < 1.29 is 4.79 Å². The molecule has 1 aliphatic heterocycles. The summed E-state index contributed by atoms with van der Waals surface area (Å²) in [6.45, 7) is 3.79. The number of hydrogen-bond donors (Lipinski definition) is 1. The average molecular weight is 158 g/mol. The lowest BCUT2D eigenvalue weighted by Crippen LogP contribution is -2.31. The predicted octanol–water partition coefficient (Wildman–Crippen LogP) is 0.394. The summed E-state index contributed by atoms with van der Waals surface area (Å²) in [4.78, 5) is 14.9. The molecule has 0 aliphatic carbocycles. The average Bonchev–Trinajstić information content (AvgIpc) is 2.10. The molecular weight excluding hydrogens is 148 g/mol. The number of aliphatic imine (C=N–C) groups is 1. The van der Waals surface area contributed by atoms with Gasteiger partial charge in [-0.05, 0) is 13.8 Å². The SMILES string of the molecule is CC1=NC(C)C(C(N)=O)S1. The lowest BCUT2D eigenvalue weighted by molar-refractivity contribution is -0.117. The molecule has 0 aromatic carbocycles. The first-order valence-electron chi connectivity index (χ1n) is 3.11. The second-order valence-electron chi connectivity index (χ2n) is 2.33. The summed E-state index contributed by atoms with van der Waals surface area (Å²) in [5, 5.41) is 0.816. The van der Waals surface area contributed by atoms with Crippen LogP contribution in [0.25, 0.3) is 0 Å². The fourth-order valence-corrected chi connectivity index (χ4v) is 1.93. The number of carbonyl (C=O) groups excluding carboxylic acids is 1. The van der Waals surface area contributed by atoms with Crippen LogP contribution >= 0.6 is 11.8 Å². The van der Waals surface area contributed by atoms with E-state index in [4.69, 9.17) is 5.73 Å². The van der Waals surface area contributed by atoms with E-state index in [1.165, 1.54) is 11.8 Å². The van der Waals surface area contributed by atoms with Gasteiger partial charge in [0, 0.05) is 0 Å². The molecule has 0 bridgehead atoms. The highest BCUT2D eigenvalue weighted by molar-refractivity contribution is 8.15. The Morgan fingerprint density at radius 2 is 2.40 bits per heavy atom. The zero-order valence-corrected chi connectivity index (χ0v) is 6.81. The molecule has 10 heavy (non-hydrogen) atoms. The number of nitrogens with zero attached hydrogens (tertiary/aromatic N) is 1. The van der Waals surface area contributed by atoms with E-state index in [1.807, 2.05) is 13.8 Å². The molecule has 0 fully saturated rings. The normalized spacial score (nSPS) is 32.0. The van der Waals surface area contributed by atoms with Gasteiger partial charge in [-0.25, -0.2) is 0 Å². The van der Waals surface area contributed by atoms with Crippen LogP contribution < -0.4 is 5.73 Å². The molecule has 3 nitrogen and oxygen atoms in total. The zero-order valence-electron chi connectivity index (χ0n) is 6.00. The lowest BCUT2D eigenvalue weighted by Gasteiger charge is -2.06. The molecule has 0 saturated heterocycles. The van der Waals surface area contributed by atoms with E-state index in [0.717, 1.165) is 5.04 Å². The molecule has 0 radical (unpaired) electrons. The number of rotatable bonds is 1. The van der Waals surface area contributed by atoms with Crippen LogP contribution in [0.4, 0.5) is 0 Å². The van der Waals surface area contributed by atoms with Crippen molar-refractivity contribution in [3.63, 3.8) is 0 Å². The summed E-state index contributed by atoms with van der Waals surface area (Å²) < 4.78 is 0. The van der Waals surface area contributed by atoms with Crippen molar-refractivity contribution in [2.45, 2.75) is 25.1 Å². The van der Waals surface area contributed by atoms with Gasteiger partial charge in [-0.3, -0.25) is 9.79 Å². The maximum atomic E-state index is 10.7. The van der Waals surface area contributed by atoms with E-state index in [-0.39, 0.29) is 17.2 Å². The minimum atomic E-state index is -0.266. The summed E-state index contributed by atoms with van der Waals surface area (Å²) in [6.07, 6.45) is 0. The summed E-state index contributed by atoms with van der Waals surface area (Å²) in [6, 6.07) is 0.0579. The predicted molar refractivity (Wildman–Crippen MR) is 43.1 cm³/mol. The Bertz CT molecular complexity index is 190. The molecule has 1 amide bonds. The number of primary amides is 1. The maximum Gasteiger partial charge on any atom is 0.233 e. The highest BCUT2D eigenvalue weighted by atomic mass is 32.2. The largest absolute Gasteiger partial charge is 0.369 e. The van der Waals surface area contributed by atoms with Gasteiger partial charge in [0.05, 0.1) is 11.1 Å². The van der Waals surface area contributed by atoms with Gasteiger partial charge in [-0.1, -0.05) is 11.8 Å². The first-order chi connectivity index (χ1) is 4.61. The second kappa shape index (κ2) is 2.62. The van der Waals surface area contributed by atoms with Crippen molar-refractivity contribution in [1.29, 1.82) is 0 Å². The fraction of sp³-hybridized carbons (Fsp3) is 0.667. The van der Waals surface area contributed by atoms with Gasteiger partial charge in [-0.2, -0.15) is 0 Å². The smallest absolute Gasteiger partial charge is 0.233 e. The molecule has 2 atom stereocenters. The van der Waals surface area contributed by atoms with Gasteiger partial charge in [0.25, 0.3) is 0 Å². The quantitative estimate of drug-likeness (QED) is 0.600. The number of carbonyl (C=O) groups is 1. The van der Waals surface area contributed by atoms with Crippen molar-refractivity contribution in [1.82, 2.24) is 0 Å². The summed E-state index contributed by atoms with van der Waals surface area (Å²) in [7, 11) is 0. The van der Waals surface area contributed by atoms with Gasteiger partial charge in [0.2, 0.25) is 5.91 Å². The maximum absolute atomic E-state index is 10.7. The summed E-state index contributed by atoms with van der Waals surface area (Å²) in [5.74, 6) is -0.266. The molecule has 56 valence electrons. The summed E-state index contributed by atoms with van der Waals surface area (Å²) >= 11 is 1.46. The highest BCUT2D eigenvalue weighted by Gasteiger charge is 2.28. The molecule has 4 heteroatoms. The Kier molecular flexibility index (Phi) is 1.99. The van der Waals surface area contributed by atoms with Crippen LogP contribution in [-0.4, -0.2) is 22.2 Å². The van der Waals surface area contributed by atoms with E-state index in [1.54, 1.807) is 0 Å². The van der Waals surface area contributed by atoms with Gasteiger partial charge >= 0.3 is 0 Å². The third-order valence-electron chi connectivity index (χ3n) is 1.40. The van der Waals surface area contributed by atoms with Crippen molar-refractivity contribution in [3.05, 3.63) is 0 Å². The van der Waals surface area contributed by atoms with E-state index < -0.39 is 0 Å². The topological polar surface area (TPSA) is 55.4 Å². The molecule has 0 aromatic rings. The molecule has 2 N–H and O–H groups in total. The number of amides is 1. The number of hydrogen-bond acceptors (Lipinski definition) is 3. The van der Waals surface area contributed by atoms with Gasteiger partial charge in [0.15, 0.2) is 0 Å². The van der Waals surface area contributed by atoms with Crippen LogP contribution in [0.5, 0.6) is 0 Å². The Hall–Kier alpha value is -0.510. The molecule has 0 aromatic heterocycles. The first kappa shape index (κ1) is 7.60. The van der Waals surface area contributed by atoms with Crippen LogP contribution in [0.15, 0.2) is 4.99 Å². The van der Waals surface area contributed by atoms with Crippen LogP contribution in [0.2, 0.25) is 0 Å². The van der Waals surface area contributed by atoms with Gasteiger partial charge < -0.3 is 5.73 Å². The second-order valence-corrected chi connectivity index (χ2v) is 3.66. The number of nitrogens with two attached hydrogens (primary N) is 1. The van der Waals surface area contributed by atoms with Crippen molar-refractivity contribution in [2.24, 2.45) is 10.7 Å². The minimum absolute atomic E-state index is 0.0579. The first-order valence-corrected chi connectivity index (χ1v) is 3.99. The zero-order chi connectivity index (χ0) is 7.72. The van der Waals surface area contributed by atoms with Crippen LogP contribution in [0.1, 0.15) is 13.8 Å². The van der Waals surface area contributed by atoms with Crippen LogP contribution in [0.3, 0.4) is 0 Å². The summed E-state index contributed by atoms with van der Waals surface area (Å²) in [5.41, 5.74) is 5.12. The lowest BCUT2D eigenvalue weighted by atomic mass is 10.2. The monoisotopic (exact) mass is 158 g/mol.